The summed E-state index contributed by atoms with van der Waals surface area (Å²) in [6, 6.07) is 5.23. The summed E-state index contributed by atoms with van der Waals surface area (Å²) in [6.07, 6.45) is 0.476. The van der Waals surface area contributed by atoms with Crippen LogP contribution in [0.3, 0.4) is 0 Å². The molecule has 0 fully saturated rings. The smallest absolute Gasteiger partial charge is 0.307 e. The first-order valence-corrected chi connectivity index (χ1v) is 5.84. The fourth-order valence-corrected chi connectivity index (χ4v) is 1.85. The summed E-state index contributed by atoms with van der Waals surface area (Å²) in [4.78, 5) is 11.0. The molecule has 0 aliphatic heterocycles. The normalized spacial score (nSPS) is 12.8. The molecule has 1 aromatic rings. The summed E-state index contributed by atoms with van der Waals surface area (Å²) in [5.74, 6) is -1.08. The fraction of sp³-hybridized carbons (Fsp3) is 0.417. The van der Waals surface area contributed by atoms with Gasteiger partial charge in [0.2, 0.25) is 0 Å². The van der Waals surface area contributed by atoms with Crippen LogP contribution in [-0.2, 0) is 11.2 Å². The molecule has 0 bridgehead atoms. The van der Waals surface area contributed by atoms with Gasteiger partial charge in [0.25, 0.3) is 0 Å². The third kappa shape index (κ3) is 3.39. The number of hydrogen-bond acceptors (Lipinski definition) is 1. The molecule has 0 aliphatic rings. The van der Waals surface area contributed by atoms with Crippen LogP contribution in [0.15, 0.2) is 18.2 Å². The first kappa shape index (κ1) is 13.3. The summed E-state index contributed by atoms with van der Waals surface area (Å²) >= 11 is 11.7. The Bertz CT molecular complexity index is 389. The predicted octanol–water partition coefficient (Wildman–Crippen LogP) is 3.89. The Balaban J connectivity index is 2.86. The van der Waals surface area contributed by atoms with E-state index in [0.29, 0.717) is 16.5 Å². The summed E-state index contributed by atoms with van der Waals surface area (Å²) < 4.78 is 0. The molecule has 0 aromatic heterocycles. The van der Waals surface area contributed by atoms with E-state index < -0.39 is 11.9 Å². The van der Waals surface area contributed by atoms with Crippen molar-refractivity contribution in [1.29, 1.82) is 0 Å². The van der Waals surface area contributed by atoms with Gasteiger partial charge in [-0.2, -0.15) is 0 Å². The average molecular weight is 261 g/mol. The zero-order valence-electron chi connectivity index (χ0n) is 9.21. The van der Waals surface area contributed by atoms with Crippen molar-refractivity contribution in [2.75, 3.05) is 0 Å². The van der Waals surface area contributed by atoms with Crippen molar-refractivity contribution in [2.45, 2.75) is 20.3 Å². The third-order valence-corrected chi connectivity index (χ3v) is 3.30. The van der Waals surface area contributed by atoms with Crippen molar-refractivity contribution in [2.24, 2.45) is 11.8 Å². The molecule has 2 nitrogen and oxygen atoms in total. The van der Waals surface area contributed by atoms with Crippen LogP contribution >= 0.6 is 23.2 Å². The highest BCUT2D eigenvalue weighted by molar-refractivity contribution is 6.42. The Morgan fingerprint density at radius 1 is 1.31 bits per heavy atom. The van der Waals surface area contributed by atoms with Crippen molar-refractivity contribution in [1.82, 2.24) is 0 Å². The van der Waals surface area contributed by atoms with E-state index in [1.807, 2.05) is 19.9 Å². The number of carboxylic acids is 1. The third-order valence-electron chi connectivity index (χ3n) is 2.56. The number of carboxylic acid groups (broad SMARTS) is 1. The second-order valence-corrected chi connectivity index (χ2v) is 4.96. The fourth-order valence-electron chi connectivity index (χ4n) is 1.53. The van der Waals surface area contributed by atoms with Crippen molar-refractivity contribution in [3.63, 3.8) is 0 Å². The molecular weight excluding hydrogens is 247 g/mol. The quantitative estimate of drug-likeness (QED) is 0.892. The molecule has 0 saturated heterocycles. The highest BCUT2D eigenvalue weighted by Gasteiger charge is 2.21. The van der Waals surface area contributed by atoms with E-state index in [0.717, 1.165) is 5.56 Å². The zero-order valence-corrected chi connectivity index (χ0v) is 10.7. The molecule has 0 radical (unpaired) electrons. The minimum atomic E-state index is -0.777. The first-order valence-electron chi connectivity index (χ1n) is 5.08. The number of carbonyl (C=O) groups is 1. The van der Waals surface area contributed by atoms with Crippen LogP contribution in [0.5, 0.6) is 0 Å². The van der Waals surface area contributed by atoms with Gasteiger partial charge in [-0.1, -0.05) is 43.1 Å². The second kappa shape index (κ2) is 5.55. The van der Waals surface area contributed by atoms with Crippen molar-refractivity contribution in [3.05, 3.63) is 33.8 Å². The van der Waals surface area contributed by atoms with E-state index in [1.54, 1.807) is 12.1 Å². The van der Waals surface area contributed by atoms with E-state index in [2.05, 4.69) is 0 Å². The summed E-state index contributed by atoms with van der Waals surface area (Å²) in [6.45, 7) is 3.80. The first-order chi connectivity index (χ1) is 7.41. The Hall–Kier alpha value is -0.730. The van der Waals surface area contributed by atoms with E-state index >= 15 is 0 Å². The number of aliphatic carboxylic acids is 1. The van der Waals surface area contributed by atoms with Crippen LogP contribution in [-0.4, -0.2) is 11.1 Å². The largest absolute Gasteiger partial charge is 0.481 e. The van der Waals surface area contributed by atoms with Gasteiger partial charge in [-0.15, -0.1) is 0 Å². The van der Waals surface area contributed by atoms with Crippen LogP contribution in [0, 0.1) is 11.8 Å². The molecule has 1 atom stereocenters. The topological polar surface area (TPSA) is 37.3 Å². The Morgan fingerprint density at radius 2 is 1.94 bits per heavy atom. The van der Waals surface area contributed by atoms with Gasteiger partial charge in [-0.05, 0) is 30.0 Å². The van der Waals surface area contributed by atoms with Crippen LogP contribution in [0.25, 0.3) is 0 Å². The van der Waals surface area contributed by atoms with E-state index in [9.17, 15) is 4.79 Å². The van der Waals surface area contributed by atoms with Gasteiger partial charge >= 0.3 is 5.97 Å². The lowest BCUT2D eigenvalue weighted by molar-refractivity contribution is -0.143. The standard InChI is InChI=1S/C12H14Cl2O2/c1-7(2)9(12(15)16)5-8-3-4-10(13)11(14)6-8/h3-4,6-7,9H,5H2,1-2H3,(H,15,16). The van der Waals surface area contributed by atoms with E-state index in [-0.39, 0.29) is 5.92 Å². The number of halogens is 2. The molecule has 16 heavy (non-hydrogen) atoms. The van der Waals surface area contributed by atoms with Crippen LogP contribution in [0.4, 0.5) is 0 Å². The van der Waals surface area contributed by atoms with Gasteiger partial charge < -0.3 is 5.11 Å². The number of benzene rings is 1. The maximum atomic E-state index is 11.0. The summed E-state index contributed by atoms with van der Waals surface area (Å²) in [7, 11) is 0. The summed E-state index contributed by atoms with van der Waals surface area (Å²) in [5, 5.41) is 10.0. The molecule has 0 spiro atoms. The maximum Gasteiger partial charge on any atom is 0.307 e. The lowest BCUT2D eigenvalue weighted by Crippen LogP contribution is -2.22. The SMILES string of the molecule is CC(C)C(Cc1ccc(Cl)c(Cl)c1)C(=O)O. The van der Waals surface area contributed by atoms with E-state index in [1.165, 1.54) is 0 Å². The molecule has 88 valence electrons. The lowest BCUT2D eigenvalue weighted by atomic mass is 9.89. The molecule has 1 unspecified atom stereocenters. The number of hydrogen-bond donors (Lipinski definition) is 1. The molecule has 0 aliphatic carbocycles. The average Bonchev–Trinajstić information content (AvgIpc) is 2.18. The molecule has 0 amide bonds. The monoisotopic (exact) mass is 260 g/mol. The molecular formula is C12H14Cl2O2. The summed E-state index contributed by atoms with van der Waals surface area (Å²) in [5.41, 5.74) is 0.899. The van der Waals surface area contributed by atoms with Crippen LogP contribution in [0.1, 0.15) is 19.4 Å². The molecule has 4 heteroatoms. The Morgan fingerprint density at radius 3 is 2.38 bits per heavy atom. The van der Waals surface area contributed by atoms with Gasteiger partial charge in [0.1, 0.15) is 0 Å². The van der Waals surface area contributed by atoms with Gasteiger partial charge in [0, 0.05) is 0 Å². The van der Waals surface area contributed by atoms with Gasteiger partial charge in [0.05, 0.1) is 16.0 Å². The second-order valence-electron chi connectivity index (χ2n) is 4.14. The van der Waals surface area contributed by atoms with Gasteiger partial charge in [0.15, 0.2) is 0 Å². The van der Waals surface area contributed by atoms with Gasteiger partial charge in [-0.25, -0.2) is 0 Å². The molecule has 1 aromatic carbocycles. The van der Waals surface area contributed by atoms with Crippen molar-refractivity contribution >= 4 is 29.2 Å². The predicted molar refractivity (Wildman–Crippen MR) is 66.1 cm³/mol. The number of rotatable bonds is 4. The molecule has 0 saturated carbocycles. The lowest BCUT2D eigenvalue weighted by Gasteiger charge is -2.16. The van der Waals surface area contributed by atoms with Crippen LogP contribution < -0.4 is 0 Å². The zero-order chi connectivity index (χ0) is 12.3. The van der Waals surface area contributed by atoms with E-state index in [4.69, 9.17) is 28.3 Å². The Labute approximate surface area is 105 Å². The molecule has 0 heterocycles. The molecule has 1 N–H and O–H groups in total. The van der Waals surface area contributed by atoms with Crippen molar-refractivity contribution < 1.29 is 9.90 Å². The molecule has 1 rings (SSSR count). The van der Waals surface area contributed by atoms with Crippen LogP contribution in [0.2, 0.25) is 10.0 Å². The maximum absolute atomic E-state index is 11.0. The highest BCUT2D eigenvalue weighted by Crippen LogP contribution is 2.25. The van der Waals surface area contributed by atoms with Gasteiger partial charge in [-0.3, -0.25) is 4.79 Å². The minimum absolute atomic E-state index is 0.0898. The minimum Gasteiger partial charge on any atom is -0.481 e. The highest BCUT2D eigenvalue weighted by atomic mass is 35.5. The van der Waals surface area contributed by atoms with Crippen molar-refractivity contribution in [3.8, 4) is 0 Å². The Kier molecular flexibility index (Phi) is 4.63.